The van der Waals surface area contributed by atoms with E-state index in [9.17, 15) is 14.4 Å². The second-order valence-electron chi connectivity index (χ2n) is 5.63. The van der Waals surface area contributed by atoms with Gasteiger partial charge in [0.05, 0.1) is 6.42 Å². The summed E-state index contributed by atoms with van der Waals surface area (Å²) >= 11 is 11.7. The number of amides is 2. The minimum absolute atomic E-state index is 0.0528. The molecule has 0 radical (unpaired) electrons. The molecule has 0 bridgehead atoms. The summed E-state index contributed by atoms with van der Waals surface area (Å²) in [5.74, 6) is -1.39. The first-order chi connectivity index (χ1) is 12.9. The molecule has 2 aromatic carbocycles. The van der Waals surface area contributed by atoms with Crippen molar-refractivity contribution in [3.8, 4) is 0 Å². The number of hydrogen-bond donors (Lipinski definition) is 2. The Morgan fingerprint density at radius 2 is 1.74 bits per heavy atom. The van der Waals surface area contributed by atoms with Crippen LogP contribution in [0.5, 0.6) is 0 Å². The van der Waals surface area contributed by atoms with Crippen molar-refractivity contribution in [2.75, 3.05) is 18.5 Å². The average molecular weight is 409 g/mol. The lowest BCUT2D eigenvalue weighted by atomic mass is 10.2. The third-order valence-electron chi connectivity index (χ3n) is 3.63. The van der Waals surface area contributed by atoms with Gasteiger partial charge in [-0.1, -0.05) is 29.3 Å². The van der Waals surface area contributed by atoms with Crippen LogP contribution in [0.2, 0.25) is 10.0 Å². The number of carbonyl (C=O) groups excluding carboxylic acids is 3. The fourth-order valence-corrected chi connectivity index (χ4v) is 2.43. The van der Waals surface area contributed by atoms with Crippen LogP contribution < -0.4 is 10.6 Å². The number of hydrogen-bond acceptors (Lipinski definition) is 4. The zero-order valence-electron chi connectivity index (χ0n) is 14.6. The smallest absolute Gasteiger partial charge is 0.308 e. The molecule has 0 fully saturated rings. The van der Waals surface area contributed by atoms with Crippen LogP contribution in [0.15, 0.2) is 42.5 Å². The fraction of sp³-hybridized carbons (Fsp3) is 0.211. The van der Waals surface area contributed by atoms with Crippen LogP contribution in [0, 0.1) is 6.92 Å². The molecule has 2 amide bonds. The maximum absolute atomic E-state index is 11.9. The standard InChI is InChI=1S/C19H18Cl2N2O4/c1-12-15(21)3-2-4-16(12)23-17(24)11-27-18(25)9-10-22-19(26)13-5-7-14(20)8-6-13/h2-8H,9-11H2,1H3,(H,22,26)(H,23,24). The zero-order valence-corrected chi connectivity index (χ0v) is 16.1. The quantitative estimate of drug-likeness (QED) is 0.685. The van der Waals surface area contributed by atoms with Crippen molar-refractivity contribution in [2.45, 2.75) is 13.3 Å². The predicted molar refractivity (Wildman–Crippen MR) is 104 cm³/mol. The Morgan fingerprint density at radius 3 is 2.44 bits per heavy atom. The molecule has 0 atom stereocenters. The summed E-state index contributed by atoms with van der Waals surface area (Å²) in [6.07, 6.45) is -0.0528. The summed E-state index contributed by atoms with van der Waals surface area (Å²) in [6.45, 7) is 1.44. The van der Waals surface area contributed by atoms with Crippen molar-refractivity contribution in [2.24, 2.45) is 0 Å². The van der Waals surface area contributed by atoms with Crippen molar-refractivity contribution in [1.29, 1.82) is 0 Å². The van der Waals surface area contributed by atoms with Crippen LogP contribution in [0.4, 0.5) is 5.69 Å². The zero-order chi connectivity index (χ0) is 19.8. The maximum atomic E-state index is 11.9. The minimum Gasteiger partial charge on any atom is -0.456 e. The highest BCUT2D eigenvalue weighted by Crippen LogP contribution is 2.22. The molecule has 0 unspecified atom stereocenters. The number of carbonyl (C=O) groups is 3. The number of anilines is 1. The lowest BCUT2D eigenvalue weighted by Crippen LogP contribution is -2.27. The number of nitrogens with one attached hydrogen (secondary N) is 2. The predicted octanol–water partition coefficient (Wildman–Crippen LogP) is 3.60. The molecule has 0 saturated carbocycles. The highest BCUT2D eigenvalue weighted by Gasteiger charge is 2.11. The fourth-order valence-electron chi connectivity index (χ4n) is 2.13. The van der Waals surface area contributed by atoms with Crippen molar-refractivity contribution < 1.29 is 19.1 Å². The van der Waals surface area contributed by atoms with E-state index in [1.54, 1.807) is 49.4 Å². The summed E-state index contributed by atoms with van der Waals surface area (Å²) in [4.78, 5) is 35.4. The summed E-state index contributed by atoms with van der Waals surface area (Å²) < 4.78 is 4.90. The first kappa shape index (κ1) is 20.7. The first-order valence-electron chi connectivity index (χ1n) is 8.11. The molecule has 142 valence electrons. The van der Waals surface area contributed by atoms with Gasteiger partial charge >= 0.3 is 5.97 Å². The Kier molecular flexibility index (Phi) is 7.64. The summed E-state index contributed by atoms with van der Waals surface area (Å²) in [7, 11) is 0. The van der Waals surface area contributed by atoms with Crippen molar-refractivity contribution in [3.63, 3.8) is 0 Å². The third-order valence-corrected chi connectivity index (χ3v) is 4.29. The van der Waals surface area contributed by atoms with E-state index in [1.807, 2.05) is 0 Å². The van der Waals surface area contributed by atoms with Gasteiger partial charge < -0.3 is 15.4 Å². The van der Waals surface area contributed by atoms with E-state index in [0.29, 0.717) is 21.3 Å². The Labute approximate surface area is 166 Å². The molecule has 2 N–H and O–H groups in total. The highest BCUT2D eigenvalue weighted by atomic mass is 35.5. The molecule has 0 saturated heterocycles. The molecule has 0 heterocycles. The molecule has 0 aliphatic heterocycles. The summed E-state index contributed by atoms with van der Waals surface area (Å²) in [5, 5.41) is 6.28. The van der Waals surface area contributed by atoms with E-state index < -0.39 is 18.5 Å². The van der Waals surface area contributed by atoms with Gasteiger partial charge in [-0.25, -0.2) is 0 Å². The number of ether oxygens (including phenoxy) is 1. The van der Waals surface area contributed by atoms with Crippen LogP contribution in [0.25, 0.3) is 0 Å². The van der Waals surface area contributed by atoms with Gasteiger partial charge in [0, 0.05) is 27.8 Å². The monoisotopic (exact) mass is 408 g/mol. The maximum Gasteiger partial charge on any atom is 0.308 e. The molecule has 0 spiro atoms. The van der Waals surface area contributed by atoms with E-state index >= 15 is 0 Å². The van der Waals surface area contributed by atoms with Crippen molar-refractivity contribution in [1.82, 2.24) is 5.32 Å². The molecule has 0 aliphatic carbocycles. The normalized spacial score (nSPS) is 10.2. The van der Waals surface area contributed by atoms with E-state index in [2.05, 4.69) is 10.6 Å². The van der Waals surface area contributed by atoms with Crippen LogP contribution in [0.3, 0.4) is 0 Å². The first-order valence-corrected chi connectivity index (χ1v) is 8.87. The second kappa shape index (κ2) is 9.94. The van der Waals surface area contributed by atoms with Gasteiger partial charge in [0.25, 0.3) is 11.8 Å². The molecule has 8 heteroatoms. The molecule has 27 heavy (non-hydrogen) atoms. The number of esters is 1. The van der Waals surface area contributed by atoms with Gasteiger partial charge in [-0.15, -0.1) is 0 Å². The largest absolute Gasteiger partial charge is 0.456 e. The number of rotatable bonds is 7. The average Bonchev–Trinajstić information content (AvgIpc) is 2.64. The topological polar surface area (TPSA) is 84.5 Å². The Hall–Kier alpha value is -2.57. The van der Waals surface area contributed by atoms with Gasteiger partial charge in [-0.2, -0.15) is 0 Å². The van der Waals surface area contributed by atoms with E-state index in [1.165, 1.54) is 0 Å². The third kappa shape index (κ3) is 6.58. The Morgan fingerprint density at radius 1 is 1.04 bits per heavy atom. The summed E-state index contributed by atoms with van der Waals surface area (Å²) in [5.41, 5.74) is 1.71. The van der Waals surface area contributed by atoms with Crippen LogP contribution in [-0.4, -0.2) is 30.9 Å². The van der Waals surface area contributed by atoms with Crippen LogP contribution in [0.1, 0.15) is 22.3 Å². The number of halogens is 2. The SMILES string of the molecule is Cc1c(Cl)cccc1NC(=O)COC(=O)CCNC(=O)c1ccc(Cl)cc1. The van der Waals surface area contributed by atoms with Gasteiger partial charge in [-0.3, -0.25) is 14.4 Å². The van der Waals surface area contributed by atoms with Crippen molar-refractivity contribution >= 4 is 46.7 Å². The molecular formula is C19H18Cl2N2O4. The van der Waals surface area contributed by atoms with Gasteiger partial charge in [-0.05, 0) is 48.9 Å². The van der Waals surface area contributed by atoms with E-state index in [4.69, 9.17) is 27.9 Å². The molecule has 2 aromatic rings. The Bertz CT molecular complexity index is 838. The van der Waals surface area contributed by atoms with E-state index in [-0.39, 0.29) is 18.9 Å². The van der Waals surface area contributed by atoms with Crippen LogP contribution >= 0.6 is 23.2 Å². The molecule has 0 aromatic heterocycles. The molecule has 0 aliphatic rings. The van der Waals surface area contributed by atoms with Gasteiger partial charge in [0.1, 0.15) is 0 Å². The van der Waals surface area contributed by atoms with Gasteiger partial charge in [0.2, 0.25) is 0 Å². The number of benzene rings is 2. The van der Waals surface area contributed by atoms with Crippen LogP contribution in [-0.2, 0) is 14.3 Å². The highest BCUT2D eigenvalue weighted by molar-refractivity contribution is 6.31. The minimum atomic E-state index is -0.593. The summed E-state index contributed by atoms with van der Waals surface area (Å²) in [6, 6.07) is 11.5. The Balaban J connectivity index is 1.69. The van der Waals surface area contributed by atoms with Crippen molar-refractivity contribution in [3.05, 3.63) is 63.6 Å². The lowest BCUT2D eigenvalue weighted by Gasteiger charge is -2.10. The van der Waals surface area contributed by atoms with E-state index in [0.717, 1.165) is 5.56 Å². The van der Waals surface area contributed by atoms with Gasteiger partial charge in [0.15, 0.2) is 6.61 Å². The molecular weight excluding hydrogens is 391 g/mol. The molecule has 6 nitrogen and oxygen atoms in total. The second-order valence-corrected chi connectivity index (χ2v) is 6.48. The lowest BCUT2D eigenvalue weighted by molar-refractivity contribution is -0.147. The molecule has 2 rings (SSSR count).